The van der Waals surface area contributed by atoms with Crippen molar-refractivity contribution in [3.05, 3.63) is 88.7 Å². The van der Waals surface area contributed by atoms with E-state index in [1.165, 1.54) is 12.1 Å². The highest BCUT2D eigenvalue weighted by Crippen LogP contribution is 2.35. The van der Waals surface area contributed by atoms with E-state index in [-0.39, 0.29) is 17.2 Å². The first-order valence-electron chi connectivity index (χ1n) is 11.9. The minimum atomic E-state index is -1.45. The number of ether oxygens (including phenoxy) is 3. The van der Waals surface area contributed by atoms with Crippen molar-refractivity contribution in [3.63, 3.8) is 0 Å². The van der Waals surface area contributed by atoms with E-state index in [1.54, 1.807) is 6.07 Å². The molecule has 1 aliphatic heterocycles. The third-order valence-corrected chi connectivity index (χ3v) is 6.27. The Balaban J connectivity index is 1.47. The molecule has 0 radical (unpaired) electrons. The van der Waals surface area contributed by atoms with E-state index in [9.17, 15) is 26.7 Å². The van der Waals surface area contributed by atoms with Crippen LogP contribution in [-0.2, 0) is 9.47 Å². The van der Waals surface area contributed by atoms with Crippen LogP contribution in [0.4, 0.5) is 22.0 Å². The number of carbonyl (C=O) groups is 1. The molecule has 196 valence electrons. The number of rotatable bonds is 8. The van der Waals surface area contributed by atoms with Gasteiger partial charge in [-0.25, -0.2) is 26.7 Å². The smallest absolute Gasteiger partial charge is 0.349 e. The van der Waals surface area contributed by atoms with Crippen LogP contribution in [0.1, 0.15) is 48.2 Å². The number of carbonyl (C=O) groups excluding carboxylic acids is 1. The molecule has 4 rings (SSSR count). The lowest BCUT2D eigenvalue weighted by Crippen LogP contribution is -2.22. The molecule has 0 N–H and O–H groups in total. The van der Waals surface area contributed by atoms with Gasteiger partial charge in [-0.1, -0.05) is 12.1 Å². The summed E-state index contributed by atoms with van der Waals surface area (Å²) in [5.41, 5.74) is -0.603. The quantitative estimate of drug-likeness (QED) is 0.137. The number of hydrogen-bond acceptors (Lipinski definition) is 4. The zero-order valence-corrected chi connectivity index (χ0v) is 20.0. The fourth-order valence-electron chi connectivity index (χ4n) is 4.28. The van der Waals surface area contributed by atoms with Crippen molar-refractivity contribution in [2.75, 3.05) is 19.8 Å². The summed E-state index contributed by atoms with van der Waals surface area (Å²) in [4.78, 5) is 12.3. The van der Waals surface area contributed by atoms with E-state index in [2.05, 4.69) is 0 Å². The van der Waals surface area contributed by atoms with E-state index in [0.29, 0.717) is 49.9 Å². The SMILES string of the molecule is CCOCCC1CCC(c2ccc(-c3cc(F)c(C(=O)Oc4ccc(F)c(F)c4)c(F)c3)c(F)c2)OC1. The summed E-state index contributed by atoms with van der Waals surface area (Å²) >= 11 is 0. The van der Waals surface area contributed by atoms with Crippen molar-refractivity contribution in [2.24, 2.45) is 5.92 Å². The molecule has 1 aliphatic rings. The van der Waals surface area contributed by atoms with Crippen LogP contribution in [0.5, 0.6) is 5.75 Å². The summed E-state index contributed by atoms with van der Waals surface area (Å²) in [7, 11) is 0. The van der Waals surface area contributed by atoms with Crippen molar-refractivity contribution < 1.29 is 41.0 Å². The van der Waals surface area contributed by atoms with Crippen LogP contribution in [-0.4, -0.2) is 25.8 Å². The van der Waals surface area contributed by atoms with E-state index < -0.39 is 46.4 Å². The second-order valence-corrected chi connectivity index (χ2v) is 8.77. The van der Waals surface area contributed by atoms with Crippen molar-refractivity contribution in [2.45, 2.75) is 32.3 Å². The van der Waals surface area contributed by atoms with E-state index in [1.807, 2.05) is 6.92 Å². The maximum absolute atomic E-state index is 15.0. The summed E-state index contributed by atoms with van der Waals surface area (Å²) in [5.74, 6) is -7.25. The normalized spacial score (nSPS) is 17.6. The van der Waals surface area contributed by atoms with Gasteiger partial charge in [-0.2, -0.15) is 0 Å². The van der Waals surface area contributed by atoms with Gasteiger partial charge in [0.2, 0.25) is 0 Å². The zero-order valence-electron chi connectivity index (χ0n) is 20.0. The van der Waals surface area contributed by atoms with E-state index in [4.69, 9.17) is 14.2 Å². The molecule has 3 aromatic carbocycles. The molecule has 1 saturated heterocycles. The van der Waals surface area contributed by atoms with Crippen molar-refractivity contribution in [3.8, 4) is 16.9 Å². The summed E-state index contributed by atoms with van der Waals surface area (Å²) in [5, 5.41) is 0. The molecular formula is C28H25F5O4. The number of halogens is 5. The van der Waals surface area contributed by atoms with Gasteiger partial charge in [-0.15, -0.1) is 0 Å². The number of esters is 1. The minimum Gasteiger partial charge on any atom is -0.423 e. The molecule has 2 unspecified atom stereocenters. The van der Waals surface area contributed by atoms with E-state index >= 15 is 0 Å². The van der Waals surface area contributed by atoms with Crippen LogP contribution in [0.25, 0.3) is 11.1 Å². The predicted molar refractivity (Wildman–Crippen MR) is 126 cm³/mol. The predicted octanol–water partition coefficient (Wildman–Crippen LogP) is 7.16. The largest absolute Gasteiger partial charge is 0.423 e. The lowest BCUT2D eigenvalue weighted by atomic mass is 9.92. The molecule has 1 fully saturated rings. The minimum absolute atomic E-state index is 0.0625. The molecule has 37 heavy (non-hydrogen) atoms. The molecule has 0 spiro atoms. The molecule has 0 amide bonds. The number of hydrogen-bond donors (Lipinski definition) is 0. The van der Waals surface area contributed by atoms with Crippen LogP contribution in [0.15, 0.2) is 48.5 Å². The Morgan fingerprint density at radius 2 is 1.65 bits per heavy atom. The third kappa shape index (κ3) is 6.34. The molecule has 0 bridgehead atoms. The van der Waals surface area contributed by atoms with Gasteiger partial charge in [0.15, 0.2) is 11.6 Å². The van der Waals surface area contributed by atoms with Crippen LogP contribution in [0.3, 0.4) is 0 Å². The Morgan fingerprint density at radius 3 is 2.27 bits per heavy atom. The molecule has 4 nitrogen and oxygen atoms in total. The number of benzene rings is 3. The van der Waals surface area contributed by atoms with Gasteiger partial charge in [-0.05, 0) is 73.6 Å². The van der Waals surface area contributed by atoms with Crippen molar-refractivity contribution >= 4 is 5.97 Å². The highest BCUT2D eigenvalue weighted by atomic mass is 19.2. The van der Waals surface area contributed by atoms with Crippen LogP contribution < -0.4 is 4.74 Å². The molecule has 0 aliphatic carbocycles. The van der Waals surface area contributed by atoms with Gasteiger partial charge in [-0.3, -0.25) is 0 Å². The first-order chi connectivity index (χ1) is 17.8. The Bertz CT molecular complexity index is 1250. The average molecular weight is 520 g/mol. The van der Waals surface area contributed by atoms with Crippen molar-refractivity contribution in [1.82, 2.24) is 0 Å². The summed E-state index contributed by atoms with van der Waals surface area (Å²) in [6.45, 7) is 3.82. The molecule has 1 heterocycles. The molecule has 0 aromatic heterocycles. The highest BCUT2D eigenvalue weighted by molar-refractivity contribution is 5.92. The molecular weight excluding hydrogens is 495 g/mol. The fraction of sp³-hybridized carbons (Fsp3) is 0.321. The fourth-order valence-corrected chi connectivity index (χ4v) is 4.28. The Labute approximate surface area is 211 Å². The van der Waals surface area contributed by atoms with Crippen LogP contribution in [0.2, 0.25) is 0 Å². The van der Waals surface area contributed by atoms with Gasteiger partial charge in [0.25, 0.3) is 0 Å². The Morgan fingerprint density at radius 1 is 0.892 bits per heavy atom. The first-order valence-corrected chi connectivity index (χ1v) is 11.9. The van der Waals surface area contributed by atoms with Gasteiger partial charge in [0, 0.05) is 24.8 Å². The molecule has 2 atom stereocenters. The maximum atomic E-state index is 15.0. The summed E-state index contributed by atoms with van der Waals surface area (Å²) in [6.07, 6.45) is 2.25. The lowest BCUT2D eigenvalue weighted by Gasteiger charge is -2.29. The second-order valence-electron chi connectivity index (χ2n) is 8.77. The third-order valence-electron chi connectivity index (χ3n) is 6.27. The van der Waals surface area contributed by atoms with Gasteiger partial charge < -0.3 is 14.2 Å². The van der Waals surface area contributed by atoms with Crippen molar-refractivity contribution in [1.29, 1.82) is 0 Å². The first kappa shape index (κ1) is 26.8. The monoisotopic (exact) mass is 520 g/mol. The van der Waals surface area contributed by atoms with Gasteiger partial charge in [0.05, 0.1) is 12.7 Å². The van der Waals surface area contributed by atoms with Gasteiger partial charge >= 0.3 is 5.97 Å². The Hall–Kier alpha value is -3.30. The van der Waals surface area contributed by atoms with Crippen LogP contribution in [0, 0.1) is 35.0 Å². The maximum Gasteiger partial charge on any atom is 0.349 e. The van der Waals surface area contributed by atoms with Crippen LogP contribution >= 0.6 is 0 Å². The zero-order chi connectivity index (χ0) is 26.5. The second kappa shape index (κ2) is 11.8. The summed E-state index contributed by atoms with van der Waals surface area (Å²) in [6, 6.07) is 8.17. The van der Waals surface area contributed by atoms with Gasteiger partial charge in [0.1, 0.15) is 28.8 Å². The van der Waals surface area contributed by atoms with E-state index in [0.717, 1.165) is 31.0 Å². The standard InChI is InChI=1S/C28H25F5O4/c1-2-35-10-9-16-3-8-26(36-15-16)17-4-6-20(22(30)11-17)18-12-24(32)27(25(33)13-18)28(34)37-19-5-7-21(29)23(31)14-19/h4-7,11-14,16,26H,2-3,8-10,15H2,1H3. The topological polar surface area (TPSA) is 44.8 Å². The Kier molecular flexibility index (Phi) is 8.56. The molecule has 9 heteroatoms. The highest BCUT2D eigenvalue weighted by Gasteiger charge is 2.25. The average Bonchev–Trinajstić information content (AvgIpc) is 2.86. The lowest BCUT2D eigenvalue weighted by molar-refractivity contribution is -0.0261. The molecule has 3 aromatic rings. The summed E-state index contributed by atoms with van der Waals surface area (Å²) < 4.78 is 86.8. The molecule has 0 saturated carbocycles.